The molecule has 1 aromatic carbocycles. The fraction of sp³-hybridized carbons (Fsp3) is 0.571. The Morgan fingerprint density at radius 2 is 1.75 bits per heavy atom. The van der Waals surface area contributed by atoms with Gasteiger partial charge in [0.15, 0.2) is 0 Å². The van der Waals surface area contributed by atoms with Gasteiger partial charge in [-0.05, 0) is 29.7 Å². The quantitative estimate of drug-likeness (QED) is 0.619. The summed E-state index contributed by atoms with van der Waals surface area (Å²) < 4.78 is 0. The Bertz CT molecular complexity index is 298. The lowest BCUT2D eigenvalue weighted by Gasteiger charge is -2.19. The number of nitrogens with one attached hydrogen (secondary N) is 1. The maximum atomic E-state index is 3.33. The standard InChI is InChI=1S/C14H23NS/c1-5-15-10-11-16-13-8-6-12(7-9-13)14(2,3)4/h6-9,15H,5,10-11H2,1-4H3. The third-order valence-corrected chi connectivity index (χ3v) is 3.53. The molecule has 1 N–H and O–H groups in total. The summed E-state index contributed by atoms with van der Waals surface area (Å²) in [7, 11) is 0. The molecule has 0 aliphatic carbocycles. The van der Waals surface area contributed by atoms with Crippen molar-refractivity contribution in [2.45, 2.75) is 38.0 Å². The molecule has 0 fully saturated rings. The van der Waals surface area contributed by atoms with Gasteiger partial charge in [0.05, 0.1) is 0 Å². The van der Waals surface area contributed by atoms with Gasteiger partial charge in [-0.15, -0.1) is 11.8 Å². The fourth-order valence-corrected chi connectivity index (χ4v) is 2.28. The van der Waals surface area contributed by atoms with Crippen molar-refractivity contribution < 1.29 is 0 Å². The van der Waals surface area contributed by atoms with Gasteiger partial charge in [-0.3, -0.25) is 0 Å². The Balaban J connectivity index is 2.46. The summed E-state index contributed by atoms with van der Waals surface area (Å²) in [6, 6.07) is 8.96. The van der Waals surface area contributed by atoms with E-state index in [0.717, 1.165) is 18.8 Å². The first-order valence-electron chi connectivity index (χ1n) is 5.98. The number of thioether (sulfide) groups is 1. The molecule has 16 heavy (non-hydrogen) atoms. The zero-order chi connectivity index (χ0) is 12.0. The van der Waals surface area contributed by atoms with E-state index in [0.29, 0.717) is 0 Å². The molecular formula is C14H23NS. The maximum absolute atomic E-state index is 3.33. The predicted molar refractivity (Wildman–Crippen MR) is 74.4 cm³/mol. The molecule has 0 unspecified atom stereocenters. The van der Waals surface area contributed by atoms with E-state index < -0.39 is 0 Å². The third-order valence-electron chi connectivity index (χ3n) is 2.52. The topological polar surface area (TPSA) is 12.0 Å². The van der Waals surface area contributed by atoms with E-state index in [-0.39, 0.29) is 5.41 Å². The van der Waals surface area contributed by atoms with Gasteiger partial charge in [0.2, 0.25) is 0 Å². The molecule has 1 rings (SSSR count). The highest BCUT2D eigenvalue weighted by molar-refractivity contribution is 7.99. The van der Waals surface area contributed by atoms with Gasteiger partial charge >= 0.3 is 0 Å². The van der Waals surface area contributed by atoms with E-state index in [1.807, 2.05) is 11.8 Å². The average Bonchev–Trinajstić information content (AvgIpc) is 2.24. The summed E-state index contributed by atoms with van der Waals surface area (Å²) in [5.74, 6) is 1.14. The molecule has 1 nitrogen and oxygen atoms in total. The van der Waals surface area contributed by atoms with E-state index in [9.17, 15) is 0 Å². The fourth-order valence-electron chi connectivity index (χ4n) is 1.47. The van der Waals surface area contributed by atoms with Crippen LogP contribution in [0.3, 0.4) is 0 Å². The molecule has 0 heterocycles. The van der Waals surface area contributed by atoms with Crippen LogP contribution in [0.15, 0.2) is 29.2 Å². The zero-order valence-corrected chi connectivity index (χ0v) is 11.7. The monoisotopic (exact) mass is 237 g/mol. The van der Waals surface area contributed by atoms with Gasteiger partial charge in [0, 0.05) is 17.2 Å². The van der Waals surface area contributed by atoms with Crippen molar-refractivity contribution in [3.63, 3.8) is 0 Å². The van der Waals surface area contributed by atoms with E-state index >= 15 is 0 Å². The van der Waals surface area contributed by atoms with Crippen LogP contribution in [0.4, 0.5) is 0 Å². The first-order chi connectivity index (χ1) is 7.54. The highest BCUT2D eigenvalue weighted by Crippen LogP contribution is 2.25. The van der Waals surface area contributed by atoms with Crippen molar-refractivity contribution >= 4 is 11.8 Å². The molecule has 90 valence electrons. The molecule has 0 saturated heterocycles. The van der Waals surface area contributed by atoms with Crippen molar-refractivity contribution in [2.75, 3.05) is 18.8 Å². The Morgan fingerprint density at radius 3 is 2.25 bits per heavy atom. The minimum absolute atomic E-state index is 0.257. The van der Waals surface area contributed by atoms with Crippen LogP contribution in [0.1, 0.15) is 33.3 Å². The van der Waals surface area contributed by atoms with Crippen molar-refractivity contribution in [1.82, 2.24) is 5.32 Å². The molecule has 0 spiro atoms. The van der Waals surface area contributed by atoms with Gasteiger partial charge in [-0.1, -0.05) is 39.8 Å². The summed E-state index contributed by atoms with van der Waals surface area (Å²) in [6.07, 6.45) is 0. The van der Waals surface area contributed by atoms with E-state index in [1.165, 1.54) is 10.5 Å². The molecule has 0 aromatic heterocycles. The van der Waals surface area contributed by atoms with Crippen LogP contribution in [0.2, 0.25) is 0 Å². The van der Waals surface area contributed by atoms with Crippen LogP contribution in [0, 0.1) is 0 Å². The minimum Gasteiger partial charge on any atom is -0.316 e. The van der Waals surface area contributed by atoms with Gasteiger partial charge in [0.25, 0.3) is 0 Å². The van der Waals surface area contributed by atoms with Crippen LogP contribution >= 0.6 is 11.8 Å². The predicted octanol–water partition coefficient (Wildman–Crippen LogP) is 3.69. The molecule has 2 heteroatoms. The largest absolute Gasteiger partial charge is 0.316 e. The van der Waals surface area contributed by atoms with Crippen molar-refractivity contribution in [2.24, 2.45) is 0 Å². The van der Waals surface area contributed by atoms with Gasteiger partial charge < -0.3 is 5.32 Å². The van der Waals surface area contributed by atoms with E-state index in [2.05, 4.69) is 57.3 Å². The lowest BCUT2D eigenvalue weighted by Crippen LogP contribution is -2.15. The second kappa shape index (κ2) is 6.31. The lowest BCUT2D eigenvalue weighted by atomic mass is 9.87. The first kappa shape index (κ1) is 13.6. The minimum atomic E-state index is 0.257. The molecule has 0 amide bonds. The van der Waals surface area contributed by atoms with E-state index in [4.69, 9.17) is 0 Å². The normalized spacial score (nSPS) is 11.8. The summed E-state index contributed by atoms with van der Waals surface area (Å²) in [4.78, 5) is 1.37. The van der Waals surface area contributed by atoms with Crippen LogP contribution in [0.25, 0.3) is 0 Å². The highest BCUT2D eigenvalue weighted by Gasteiger charge is 2.12. The number of rotatable bonds is 5. The molecule has 0 aliphatic rings. The summed E-state index contributed by atoms with van der Waals surface area (Å²) in [5, 5.41) is 3.33. The van der Waals surface area contributed by atoms with Crippen LogP contribution in [-0.2, 0) is 5.41 Å². The number of benzene rings is 1. The molecular weight excluding hydrogens is 214 g/mol. The van der Waals surface area contributed by atoms with Crippen molar-refractivity contribution in [1.29, 1.82) is 0 Å². The molecule has 0 bridgehead atoms. The smallest absolute Gasteiger partial charge is 0.0106 e. The SMILES string of the molecule is CCNCCSc1ccc(C(C)(C)C)cc1. The molecule has 0 saturated carbocycles. The lowest BCUT2D eigenvalue weighted by molar-refractivity contribution is 0.590. The first-order valence-corrected chi connectivity index (χ1v) is 6.96. The second-order valence-electron chi connectivity index (χ2n) is 4.98. The summed E-state index contributed by atoms with van der Waals surface area (Å²) in [5.41, 5.74) is 1.66. The number of hydrogen-bond acceptors (Lipinski definition) is 2. The van der Waals surface area contributed by atoms with Gasteiger partial charge in [0.1, 0.15) is 0 Å². The van der Waals surface area contributed by atoms with Crippen molar-refractivity contribution in [3.8, 4) is 0 Å². The molecule has 0 atom stereocenters. The Labute approximate surface area is 104 Å². The van der Waals surface area contributed by atoms with Gasteiger partial charge in [-0.25, -0.2) is 0 Å². The molecule has 0 radical (unpaired) electrons. The van der Waals surface area contributed by atoms with Crippen LogP contribution in [-0.4, -0.2) is 18.8 Å². The molecule has 1 aromatic rings. The maximum Gasteiger partial charge on any atom is 0.0106 e. The van der Waals surface area contributed by atoms with E-state index in [1.54, 1.807) is 0 Å². The second-order valence-corrected chi connectivity index (χ2v) is 6.14. The third kappa shape index (κ3) is 4.58. The van der Waals surface area contributed by atoms with Crippen LogP contribution < -0.4 is 5.32 Å². The Kier molecular flexibility index (Phi) is 5.36. The van der Waals surface area contributed by atoms with Crippen LogP contribution in [0.5, 0.6) is 0 Å². The molecule has 0 aliphatic heterocycles. The van der Waals surface area contributed by atoms with Crippen molar-refractivity contribution in [3.05, 3.63) is 29.8 Å². The number of hydrogen-bond donors (Lipinski definition) is 1. The average molecular weight is 237 g/mol. The summed E-state index contributed by atoms with van der Waals surface area (Å²) in [6.45, 7) is 11.0. The van der Waals surface area contributed by atoms with Gasteiger partial charge in [-0.2, -0.15) is 0 Å². The summed E-state index contributed by atoms with van der Waals surface area (Å²) >= 11 is 1.92. The Morgan fingerprint density at radius 1 is 1.12 bits per heavy atom. The Hall–Kier alpha value is -0.470. The highest BCUT2D eigenvalue weighted by atomic mass is 32.2. The zero-order valence-electron chi connectivity index (χ0n) is 10.8.